The van der Waals surface area contributed by atoms with E-state index < -0.39 is 6.04 Å². The number of carbonyl (C=O) groups excluding carboxylic acids is 2. The Kier molecular flexibility index (Phi) is 5.68. The molecule has 3 saturated heterocycles. The van der Waals surface area contributed by atoms with E-state index in [-0.39, 0.29) is 30.9 Å². The second kappa shape index (κ2) is 8.65. The average Bonchev–Trinajstić information content (AvgIpc) is 3.21. The number of nitrogens with one attached hydrogen (secondary N) is 1. The summed E-state index contributed by atoms with van der Waals surface area (Å²) in [4.78, 5) is 34.3. The molecule has 7 nitrogen and oxygen atoms in total. The van der Waals surface area contributed by atoms with Crippen LogP contribution in [0.1, 0.15) is 23.1 Å². The third kappa shape index (κ3) is 3.81. The molecule has 3 fully saturated rings. The molecule has 33 heavy (non-hydrogen) atoms. The summed E-state index contributed by atoms with van der Waals surface area (Å²) in [6.45, 7) is 6.22. The Morgan fingerprint density at radius 1 is 1.06 bits per heavy atom. The predicted molar refractivity (Wildman–Crippen MR) is 129 cm³/mol. The van der Waals surface area contributed by atoms with Crippen molar-refractivity contribution >= 4 is 23.7 Å². The van der Waals surface area contributed by atoms with Crippen LogP contribution in [-0.4, -0.2) is 71.8 Å². The summed E-state index contributed by atoms with van der Waals surface area (Å²) in [5.41, 5.74) is 4.67. The summed E-state index contributed by atoms with van der Waals surface area (Å²) >= 11 is 0. The number of aryl methyl sites for hydroxylation is 2. The Hall–Kier alpha value is -3.16. The molecule has 0 aliphatic carbocycles. The number of nitrogens with zero attached hydrogens (tertiary/aromatic N) is 4. The van der Waals surface area contributed by atoms with E-state index in [2.05, 4.69) is 47.2 Å². The van der Waals surface area contributed by atoms with Crippen LogP contribution in [0.4, 0.5) is 10.5 Å². The van der Waals surface area contributed by atoms with Crippen molar-refractivity contribution < 1.29 is 9.59 Å². The molecule has 3 aliphatic heterocycles. The lowest BCUT2D eigenvalue weighted by molar-refractivity contribution is -0.138. The molecule has 7 heteroatoms. The average molecular weight is 446 g/mol. The summed E-state index contributed by atoms with van der Waals surface area (Å²) in [5, 5.41) is 3.59. The molecule has 3 atom stereocenters. The first kappa shape index (κ1) is 21.7. The number of hydrogen-bond donors (Lipinski definition) is 1. The quantitative estimate of drug-likeness (QED) is 0.784. The number of rotatable bonds is 4. The molecule has 0 spiro atoms. The SMILES string of the molecule is Cc1ccc(N2CCCN3C4C(=O)N(C/C=C/c5ccccc5)C(=O)N(C)C4NC23)c(C)c1. The van der Waals surface area contributed by atoms with Gasteiger partial charge in [0.15, 0.2) is 0 Å². The molecule has 0 bridgehead atoms. The lowest BCUT2D eigenvalue weighted by Gasteiger charge is -2.44. The number of urea groups is 1. The first-order valence-corrected chi connectivity index (χ1v) is 11.6. The third-order valence-electron chi connectivity index (χ3n) is 6.93. The smallest absolute Gasteiger partial charge is 0.328 e. The van der Waals surface area contributed by atoms with E-state index in [1.807, 2.05) is 42.5 Å². The first-order chi connectivity index (χ1) is 16.0. The molecule has 0 aromatic heterocycles. The molecular weight excluding hydrogens is 414 g/mol. The van der Waals surface area contributed by atoms with Gasteiger partial charge in [0.05, 0.1) is 0 Å². The first-order valence-electron chi connectivity index (χ1n) is 11.6. The van der Waals surface area contributed by atoms with Crippen LogP contribution in [0.25, 0.3) is 6.08 Å². The molecule has 0 radical (unpaired) electrons. The van der Waals surface area contributed by atoms with Crippen LogP contribution < -0.4 is 10.2 Å². The largest absolute Gasteiger partial charge is 0.343 e. The van der Waals surface area contributed by atoms with Crippen molar-refractivity contribution in [1.29, 1.82) is 0 Å². The van der Waals surface area contributed by atoms with Gasteiger partial charge in [-0.25, -0.2) is 4.79 Å². The summed E-state index contributed by atoms with van der Waals surface area (Å²) in [6, 6.07) is 15.7. The Labute approximate surface area is 195 Å². The molecule has 3 aliphatic rings. The zero-order chi connectivity index (χ0) is 23.1. The van der Waals surface area contributed by atoms with E-state index in [1.54, 1.807) is 11.9 Å². The van der Waals surface area contributed by atoms with Gasteiger partial charge >= 0.3 is 6.03 Å². The van der Waals surface area contributed by atoms with Crippen molar-refractivity contribution in [3.8, 4) is 0 Å². The number of fused-ring (bicyclic) bond motifs is 3. The minimum Gasteiger partial charge on any atom is -0.343 e. The van der Waals surface area contributed by atoms with Gasteiger partial charge in [0.1, 0.15) is 18.5 Å². The fraction of sp³-hybridized carbons (Fsp3) is 0.385. The number of anilines is 1. The second-order valence-corrected chi connectivity index (χ2v) is 9.16. The Bertz CT molecular complexity index is 1090. The van der Waals surface area contributed by atoms with Gasteiger partial charge < -0.3 is 9.80 Å². The standard InChI is InChI=1S/C26H31N5O2/c1-18-12-13-21(19(2)17-18)29-15-8-16-30-22-23(27-25(29)30)28(3)26(33)31(24(22)32)14-7-11-20-9-5-4-6-10-20/h4-7,9-13,17,22-23,25,27H,8,14-16H2,1-3H3/b11-7+. The maximum absolute atomic E-state index is 13.6. The summed E-state index contributed by atoms with van der Waals surface area (Å²) in [5.74, 6) is -0.127. The van der Waals surface area contributed by atoms with Gasteiger partial charge in [-0.05, 0) is 37.5 Å². The summed E-state index contributed by atoms with van der Waals surface area (Å²) in [6.07, 6.45) is 4.35. The predicted octanol–water partition coefficient (Wildman–Crippen LogP) is 3.00. The van der Waals surface area contributed by atoms with Gasteiger partial charge in [0.2, 0.25) is 0 Å². The van der Waals surface area contributed by atoms with Gasteiger partial charge in [-0.3, -0.25) is 19.9 Å². The van der Waals surface area contributed by atoms with E-state index in [1.165, 1.54) is 21.7 Å². The van der Waals surface area contributed by atoms with E-state index >= 15 is 0 Å². The summed E-state index contributed by atoms with van der Waals surface area (Å²) < 4.78 is 0. The topological polar surface area (TPSA) is 59.1 Å². The van der Waals surface area contributed by atoms with Gasteiger partial charge in [0, 0.05) is 32.4 Å². The molecule has 2 aromatic rings. The van der Waals surface area contributed by atoms with Crippen LogP contribution in [0.5, 0.6) is 0 Å². The highest BCUT2D eigenvalue weighted by molar-refractivity contribution is 6.00. The highest BCUT2D eigenvalue weighted by atomic mass is 16.2. The number of likely N-dealkylation sites (N-methyl/N-ethyl adjacent to an activating group) is 1. The number of amides is 3. The molecule has 3 heterocycles. The molecule has 3 amide bonds. The lowest BCUT2D eigenvalue weighted by Crippen LogP contribution is -2.66. The molecule has 2 aromatic carbocycles. The maximum atomic E-state index is 13.6. The van der Waals surface area contributed by atoms with Crippen molar-refractivity contribution in [2.75, 3.05) is 31.6 Å². The Morgan fingerprint density at radius 3 is 2.61 bits per heavy atom. The molecule has 5 rings (SSSR count). The highest BCUT2D eigenvalue weighted by Gasteiger charge is 2.55. The molecule has 3 unspecified atom stereocenters. The lowest BCUT2D eigenvalue weighted by atomic mass is 10.1. The van der Waals surface area contributed by atoms with E-state index in [9.17, 15) is 9.59 Å². The zero-order valence-electron chi connectivity index (χ0n) is 19.4. The van der Waals surface area contributed by atoms with Crippen LogP contribution in [-0.2, 0) is 4.79 Å². The van der Waals surface area contributed by atoms with Crippen molar-refractivity contribution in [2.45, 2.75) is 38.8 Å². The Morgan fingerprint density at radius 2 is 1.85 bits per heavy atom. The van der Waals surface area contributed by atoms with Crippen molar-refractivity contribution in [1.82, 2.24) is 20.0 Å². The number of imide groups is 1. The molecular formula is C26H31N5O2. The second-order valence-electron chi connectivity index (χ2n) is 9.16. The highest BCUT2D eigenvalue weighted by Crippen LogP contribution is 2.34. The van der Waals surface area contributed by atoms with Crippen LogP contribution in [0, 0.1) is 13.8 Å². The third-order valence-corrected chi connectivity index (χ3v) is 6.93. The van der Waals surface area contributed by atoms with Crippen molar-refractivity contribution in [2.24, 2.45) is 0 Å². The van der Waals surface area contributed by atoms with Gasteiger partial charge in [0.25, 0.3) is 5.91 Å². The molecule has 0 saturated carbocycles. The minimum atomic E-state index is -0.392. The van der Waals surface area contributed by atoms with Crippen molar-refractivity contribution in [3.05, 3.63) is 71.3 Å². The Balaban J connectivity index is 1.39. The van der Waals surface area contributed by atoms with Gasteiger partial charge in [-0.15, -0.1) is 0 Å². The fourth-order valence-electron chi connectivity index (χ4n) is 5.32. The van der Waals surface area contributed by atoms with Crippen LogP contribution in [0.2, 0.25) is 0 Å². The van der Waals surface area contributed by atoms with Crippen LogP contribution in [0.3, 0.4) is 0 Å². The van der Waals surface area contributed by atoms with E-state index in [4.69, 9.17) is 0 Å². The van der Waals surface area contributed by atoms with E-state index in [0.717, 1.165) is 25.1 Å². The van der Waals surface area contributed by atoms with Crippen molar-refractivity contribution in [3.63, 3.8) is 0 Å². The molecule has 1 N–H and O–H groups in total. The van der Waals surface area contributed by atoms with Gasteiger partial charge in [-0.1, -0.05) is 60.2 Å². The fourth-order valence-corrected chi connectivity index (χ4v) is 5.32. The number of hydrogen-bond acceptors (Lipinski definition) is 5. The van der Waals surface area contributed by atoms with Crippen LogP contribution in [0.15, 0.2) is 54.6 Å². The molecule has 172 valence electrons. The van der Waals surface area contributed by atoms with Gasteiger partial charge in [-0.2, -0.15) is 0 Å². The van der Waals surface area contributed by atoms with E-state index in [0.29, 0.717) is 0 Å². The van der Waals surface area contributed by atoms with Crippen LogP contribution >= 0.6 is 0 Å². The summed E-state index contributed by atoms with van der Waals surface area (Å²) in [7, 11) is 1.78. The normalized spacial score (nSPS) is 25.7. The number of benzene rings is 2. The zero-order valence-corrected chi connectivity index (χ0v) is 19.4. The monoisotopic (exact) mass is 445 g/mol. The maximum Gasteiger partial charge on any atom is 0.328 e. The number of carbonyl (C=O) groups is 2. The minimum absolute atomic E-state index is 0.117.